The first-order chi connectivity index (χ1) is 12.9. The Kier molecular flexibility index (Phi) is 6.20. The van der Waals surface area contributed by atoms with Crippen LogP contribution in [0.25, 0.3) is 0 Å². The molecule has 2 heterocycles. The second-order valence-electron chi connectivity index (χ2n) is 5.54. The number of hydrogen-bond donors (Lipinski definition) is 2. The lowest BCUT2D eigenvalue weighted by atomic mass is 10.2. The van der Waals surface area contributed by atoms with E-state index in [2.05, 4.69) is 20.8 Å². The summed E-state index contributed by atoms with van der Waals surface area (Å²) in [5, 5.41) is 13.8. The molecule has 27 heavy (non-hydrogen) atoms. The van der Waals surface area contributed by atoms with Gasteiger partial charge in [-0.3, -0.25) is 9.59 Å². The summed E-state index contributed by atoms with van der Waals surface area (Å²) in [6.07, 6.45) is 1.52. The van der Waals surface area contributed by atoms with Crippen LogP contribution in [0, 0.1) is 0 Å². The van der Waals surface area contributed by atoms with Gasteiger partial charge in [-0.1, -0.05) is 35.0 Å². The highest BCUT2D eigenvalue weighted by molar-refractivity contribution is 8.15. The van der Waals surface area contributed by atoms with Crippen LogP contribution in [0.5, 0.6) is 0 Å². The van der Waals surface area contributed by atoms with E-state index in [1.165, 1.54) is 6.26 Å². The average Bonchev–Trinajstić information content (AvgIpc) is 3.27. The van der Waals surface area contributed by atoms with Crippen LogP contribution in [0.15, 0.2) is 51.2 Å². The lowest BCUT2D eigenvalue weighted by molar-refractivity contribution is -0.122. The van der Waals surface area contributed by atoms with E-state index in [9.17, 15) is 9.59 Å². The van der Waals surface area contributed by atoms with Gasteiger partial charge in [0.05, 0.1) is 16.3 Å². The highest BCUT2D eigenvalue weighted by Gasteiger charge is 2.32. The number of carbonyl (C=O) groups excluding carboxylic acids is 2. The van der Waals surface area contributed by atoms with Gasteiger partial charge in [-0.15, -0.1) is 10.2 Å². The molecule has 0 spiro atoms. The summed E-state index contributed by atoms with van der Waals surface area (Å²) in [5.74, 6) is -0.0299. The summed E-state index contributed by atoms with van der Waals surface area (Å²) >= 11 is 12.9. The minimum absolute atomic E-state index is 0.0172. The first kappa shape index (κ1) is 19.5. The average molecular weight is 425 g/mol. The van der Waals surface area contributed by atoms with E-state index in [1.807, 2.05) is 0 Å². The lowest BCUT2D eigenvalue weighted by Crippen LogP contribution is -2.28. The Morgan fingerprint density at radius 3 is 2.85 bits per heavy atom. The SMILES string of the molecule is C/C(=N\N=C1\NC(=O)C(CC(=O)Nc2ccc(Cl)c(Cl)c2)S1)c1ccco1. The van der Waals surface area contributed by atoms with Gasteiger partial charge in [-0.2, -0.15) is 0 Å². The highest BCUT2D eigenvalue weighted by atomic mass is 35.5. The highest BCUT2D eigenvalue weighted by Crippen LogP contribution is 2.26. The quantitative estimate of drug-likeness (QED) is 0.561. The fourth-order valence-corrected chi connectivity index (χ4v) is 3.41. The van der Waals surface area contributed by atoms with Crippen molar-refractivity contribution in [3.8, 4) is 0 Å². The molecule has 0 bridgehead atoms. The van der Waals surface area contributed by atoms with Crippen LogP contribution in [0.1, 0.15) is 19.1 Å². The molecule has 1 saturated heterocycles. The second kappa shape index (κ2) is 8.60. The van der Waals surface area contributed by atoms with Gasteiger partial charge in [-0.05, 0) is 37.3 Å². The molecule has 0 saturated carbocycles. The predicted molar refractivity (Wildman–Crippen MR) is 108 cm³/mol. The molecule has 2 N–H and O–H groups in total. The number of rotatable bonds is 5. The Labute approximate surface area is 169 Å². The zero-order chi connectivity index (χ0) is 19.4. The van der Waals surface area contributed by atoms with Crippen molar-refractivity contribution in [3.63, 3.8) is 0 Å². The van der Waals surface area contributed by atoms with Crippen molar-refractivity contribution in [1.82, 2.24) is 5.32 Å². The minimum Gasteiger partial charge on any atom is -0.463 e. The Hall–Kier alpha value is -2.29. The van der Waals surface area contributed by atoms with E-state index in [-0.39, 0.29) is 18.2 Å². The number of nitrogens with one attached hydrogen (secondary N) is 2. The van der Waals surface area contributed by atoms with Gasteiger partial charge >= 0.3 is 0 Å². The van der Waals surface area contributed by atoms with Crippen molar-refractivity contribution in [1.29, 1.82) is 0 Å². The normalized spacial score (nSPS) is 18.6. The Morgan fingerprint density at radius 2 is 2.15 bits per heavy atom. The van der Waals surface area contributed by atoms with E-state index in [0.29, 0.717) is 32.4 Å². The largest absolute Gasteiger partial charge is 0.463 e. The number of hydrogen-bond acceptors (Lipinski definition) is 6. The van der Waals surface area contributed by atoms with Gasteiger partial charge < -0.3 is 15.1 Å². The van der Waals surface area contributed by atoms with Crippen molar-refractivity contribution in [3.05, 3.63) is 52.4 Å². The third-order valence-corrected chi connectivity index (χ3v) is 5.33. The summed E-state index contributed by atoms with van der Waals surface area (Å²) in [6, 6.07) is 8.27. The number of furan rings is 1. The Balaban J connectivity index is 1.58. The molecule has 3 rings (SSSR count). The van der Waals surface area contributed by atoms with E-state index >= 15 is 0 Å². The third kappa shape index (κ3) is 5.12. The summed E-state index contributed by atoms with van der Waals surface area (Å²) in [5.41, 5.74) is 1.08. The molecule has 2 aromatic rings. The van der Waals surface area contributed by atoms with Gasteiger partial charge in [0.2, 0.25) is 11.8 Å². The first-order valence-corrected chi connectivity index (χ1v) is 9.44. The maximum absolute atomic E-state index is 12.2. The van der Waals surface area contributed by atoms with E-state index < -0.39 is 5.25 Å². The number of benzene rings is 1. The van der Waals surface area contributed by atoms with Crippen LogP contribution in [-0.4, -0.2) is 27.9 Å². The third-order valence-electron chi connectivity index (χ3n) is 3.52. The monoisotopic (exact) mass is 424 g/mol. The van der Waals surface area contributed by atoms with E-state index in [1.54, 1.807) is 37.3 Å². The number of nitrogens with zero attached hydrogens (tertiary/aromatic N) is 2. The molecular weight excluding hydrogens is 411 g/mol. The van der Waals surface area contributed by atoms with Gasteiger partial charge in [0.15, 0.2) is 5.17 Å². The number of amidine groups is 1. The van der Waals surface area contributed by atoms with Gasteiger partial charge in [0, 0.05) is 12.1 Å². The number of carbonyl (C=O) groups is 2. The summed E-state index contributed by atoms with van der Waals surface area (Å²) in [7, 11) is 0. The van der Waals surface area contributed by atoms with Gasteiger partial charge in [0.25, 0.3) is 0 Å². The van der Waals surface area contributed by atoms with Crippen molar-refractivity contribution >= 4 is 63.3 Å². The number of amides is 2. The molecule has 7 nitrogen and oxygen atoms in total. The summed E-state index contributed by atoms with van der Waals surface area (Å²) < 4.78 is 5.21. The molecule has 1 aromatic carbocycles. The number of anilines is 1. The Bertz CT molecular complexity index is 928. The van der Waals surface area contributed by atoms with Crippen molar-refractivity contribution in [2.24, 2.45) is 10.2 Å². The van der Waals surface area contributed by atoms with Crippen LogP contribution < -0.4 is 10.6 Å². The standard InChI is InChI=1S/C17H14Cl2N4O3S/c1-9(13-3-2-6-26-13)22-23-17-21-16(25)14(27-17)8-15(24)20-10-4-5-11(18)12(19)7-10/h2-7,14H,8H2,1H3,(H,20,24)(H,21,23,25)/b22-9+. The summed E-state index contributed by atoms with van der Waals surface area (Å²) in [4.78, 5) is 24.2. The van der Waals surface area contributed by atoms with Crippen LogP contribution in [0.3, 0.4) is 0 Å². The first-order valence-electron chi connectivity index (χ1n) is 7.81. The summed E-state index contributed by atoms with van der Waals surface area (Å²) in [6.45, 7) is 1.74. The topological polar surface area (TPSA) is 96.1 Å². The molecule has 1 aromatic heterocycles. The fourth-order valence-electron chi connectivity index (χ4n) is 2.19. The molecule has 2 amide bonds. The molecule has 140 valence electrons. The lowest BCUT2D eigenvalue weighted by Gasteiger charge is -2.08. The maximum atomic E-state index is 12.2. The van der Waals surface area contributed by atoms with Gasteiger partial charge in [0.1, 0.15) is 16.7 Å². The molecule has 0 aliphatic carbocycles. The minimum atomic E-state index is -0.592. The molecule has 10 heteroatoms. The second-order valence-corrected chi connectivity index (χ2v) is 7.55. The molecule has 1 fully saturated rings. The number of halogens is 2. The van der Waals surface area contributed by atoms with Crippen LogP contribution in [0.2, 0.25) is 10.0 Å². The predicted octanol–water partition coefficient (Wildman–Crippen LogP) is 3.93. The Morgan fingerprint density at radius 1 is 1.33 bits per heavy atom. The fraction of sp³-hybridized carbons (Fsp3) is 0.176. The van der Waals surface area contributed by atoms with Crippen LogP contribution in [-0.2, 0) is 9.59 Å². The smallest absolute Gasteiger partial charge is 0.240 e. The molecule has 0 radical (unpaired) electrons. The molecule has 1 aliphatic heterocycles. The van der Waals surface area contributed by atoms with Gasteiger partial charge in [-0.25, -0.2) is 0 Å². The zero-order valence-corrected chi connectivity index (χ0v) is 16.4. The van der Waals surface area contributed by atoms with Crippen LogP contribution >= 0.6 is 35.0 Å². The number of thioether (sulfide) groups is 1. The van der Waals surface area contributed by atoms with Crippen molar-refractivity contribution in [2.75, 3.05) is 5.32 Å². The van der Waals surface area contributed by atoms with Crippen LogP contribution in [0.4, 0.5) is 5.69 Å². The van der Waals surface area contributed by atoms with E-state index in [0.717, 1.165) is 11.8 Å². The molecule has 1 atom stereocenters. The molecular formula is C17H14Cl2N4O3S. The molecule has 1 unspecified atom stereocenters. The zero-order valence-electron chi connectivity index (χ0n) is 14.0. The maximum Gasteiger partial charge on any atom is 0.240 e. The van der Waals surface area contributed by atoms with Crippen molar-refractivity contribution in [2.45, 2.75) is 18.6 Å². The molecule has 1 aliphatic rings. The van der Waals surface area contributed by atoms with Crippen molar-refractivity contribution < 1.29 is 14.0 Å². The van der Waals surface area contributed by atoms with E-state index in [4.69, 9.17) is 27.6 Å².